The lowest BCUT2D eigenvalue weighted by Gasteiger charge is -2.11. The molecule has 0 saturated heterocycles. The molecular formula is C9H7F4NO. The van der Waals surface area contributed by atoms with Gasteiger partial charge in [0.1, 0.15) is 18.2 Å². The number of nitrogens with two attached hydrogens (primary N) is 1. The molecular weight excluding hydrogens is 214 g/mol. The summed E-state index contributed by atoms with van der Waals surface area (Å²) in [5.74, 6) is -1.24. The van der Waals surface area contributed by atoms with Crippen LogP contribution in [0, 0.1) is 5.82 Å². The molecule has 1 unspecified atom stereocenters. The largest absolute Gasteiger partial charge is 0.491 e. The van der Waals surface area contributed by atoms with Gasteiger partial charge in [-0.25, -0.2) is 4.39 Å². The summed E-state index contributed by atoms with van der Waals surface area (Å²) in [5, 5.41) is 0. The lowest BCUT2D eigenvalue weighted by Crippen LogP contribution is -2.15. The van der Waals surface area contributed by atoms with Crippen molar-refractivity contribution in [1.82, 2.24) is 0 Å². The number of fused-ring (bicyclic) bond motifs is 1. The molecule has 0 radical (unpaired) electrons. The van der Waals surface area contributed by atoms with E-state index in [1.54, 1.807) is 0 Å². The molecule has 2 N–H and O–H groups in total. The highest BCUT2D eigenvalue weighted by molar-refractivity contribution is 5.44. The molecule has 1 heterocycles. The van der Waals surface area contributed by atoms with Gasteiger partial charge in [-0.2, -0.15) is 13.2 Å². The summed E-state index contributed by atoms with van der Waals surface area (Å²) >= 11 is 0. The van der Waals surface area contributed by atoms with Crippen molar-refractivity contribution in [1.29, 1.82) is 0 Å². The average molecular weight is 221 g/mol. The second-order valence-electron chi connectivity index (χ2n) is 3.25. The summed E-state index contributed by atoms with van der Waals surface area (Å²) in [6.45, 7) is 0.00750. The Morgan fingerprint density at radius 3 is 2.60 bits per heavy atom. The highest BCUT2D eigenvalue weighted by Gasteiger charge is 2.38. The number of halogens is 4. The van der Waals surface area contributed by atoms with Gasteiger partial charge in [-0.05, 0) is 12.1 Å². The highest BCUT2D eigenvalue weighted by Crippen LogP contribution is 2.40. The molecule has 0 spiro atoms. The SMILES string of the molecule is NC1COc2ccc(C(F)(F)F)c(F)c21. The van der Waals surface area contributed by atoms with Gasteiger partial charge in [0, 0.05) is 0 Å². The van der Waals surface area contributed by atoms with Gasteiger partial charge in [-0.1, -0.05) is 0 Å². The summed E-state index contributed by atoms with van der Waals surface area (Å²) in [6.07, 6.45) is -4.71. The third kappa shape index (κ3) is 1.54. The molecule has 0 amide bonds. The molecule has 1 aliphatic heterocycles. The van der Waals surface area contributed by atoms with Crippen LogP contribution in [-0.2, 0) is 6.18 Å². The van der Waals surface area contributed by atoms with Crippen molar-refractivity contribution >= 4 is 0 Å². The molecule has 0 bridgehead atoms. The maximum atomic E-state index is 13.4. The van der Waals surface area contributed by atoms with E-state index >= 15 is 0 Å². The predicted octanol–water partition coefficient (Wildman–Crippen LogP) is 2.24. The van der Waals surface area contributed by atoms with Crippen LogP contribution in [0.3, 0.4) is 0 Å². The third-order valence-electron chi connectivity index (χ3n) is 2.23. The Balaban J connectivity index is 2.59. The molecule has 6 heteroatoms. The van der Waals surface area contributed by atoms with Crippen molar-refractivity contribution in [3.63, 3.8) is 0 Å². The summed E-state index contributed by atoms with van der Waals surface area (Å²) in [4.78, 5) is 0. The fourth-order valence-electron chi connectivity index (χ4n) is 1.53. The first kappa shape index (κ1) is 10.2. The molecule has 0 aliphatic carbocycles. The molecule has 1 aromatic carbocycles. The highest BCUT2D eigenvalue weighted by atomic mass is 19.4. The van der Waals surface area contributed by atoms with Crippen LogP contribution in [0.2, 0.25) is 0 Å². The Morgan fingerprint density at radius 2 is 2.00 bits per heavy atom. The molecule has 1 atom stereocenters. The van der Waals surface area contributed by atoms with Crippen LogP contribution in [0.1, 0.15) is 17.2 Å². The lowest BCUT2D eigenvalue weighted by molar-refractivity contribution is -0.140. The van der Waals surface area contributed by atoms with E-state index in [0.29, 0.717) is 6.07 Å². The molecule has 2 nitrogen and oxygen atoms in total. The van der Waals surface area contributed by atoms with E-state index in [4.69, 9.17) is 10.5 Å². The van der Waals surface area contributed by atoms with Crippen molar-refractivity contribution in [2.24, 2.45) is 5.73 Å². The predicted molar refractivity (Wildman–Crippen MR) is 43.8 cm³/mol. The quantitative estimate of drug-likeness (QED) is 0.682. The van der Waals surface area contributed by atoms with Crippen LogP contribution in [-0.4, -0.2) is 6.61 Å². The summed E-state index contributed by atoms with van der Waals surface area (Å²) < 4.78 is 55.3. The van der Waals surface area contributed by atoms with Gasteiger partial charge < -0.3 is 10.5 Å². The van der Waals surface area contributed by atoms with E-state index in [-0.39, 0.29) is 17.9 Å². The maximum Gasteiger partial charge on any atom is 0.419 e. The van der Waals surface area contributed by atoms with Crippen molar-refractivity contribution in [3.8, 4) is 5.75 Å². The molecule has 82 valence electrons. The third-order valence-corrected chi connectivity index (χ3v) is 2.23. The van der Waals surface area contributed by atoms with Gasteiger partial charge in [0.05, 0.1) is 17.2 Å². The number of hydrogen-bond donors (Lipinski definition) is 1. The first-order chi connectivity index (χ1) is 6.91. The number of alkyl halides is 3. The lowest BCUT2D eigenvalue weighted by atomic mass is 10.0. The van der Waals surface area contributed by atoms with E-state index in [1.165, 1.54) is 0 Å². The van der Waals surface area contributed by atoms with E-state index in [1.807, 2.05) is 0 Å². The summed E-state index contributed by atoms with van der Waals surface area (Å²) in [6, 6.07) is 0.919. The van der Waals surface area contributed by atoms with Crippen LogP contribution in [0.25, 0.3) is 0 Å². The minimum Gasteiger partial charge on any atom is -0.491 e. The van der Waals surface area contributed by atoms with Crippen LogP contribution in [0.15, 0.2) is 12.1 Å². The minimum atomic E-state index is -4.71. The maximum absolute atomic E-state index is 13.4. The zero-order valence-electron chi connectivity index (χ0n) is 7.44. The van der Waals surface area contributed by atoms with Gasteiger partial charge in [-0.15, -0.1) is 0 Å². The first-order valence-electron chi connectivity index (χ1n) is 4.19. The van der Waals surface area contributed by atoms with Crippen LogP contribution >= 0.6 is 0 Å². The molecule has 2 rings (SSSR count). The Hall–Kier alpha value is -1.30. The van der Waals surface area contributed by atoms with Gasteiger partial charge in [0.2, 0.25) is 0 Å². The number of ether oxygens (including phenoxy) is 1. The Bertz CT molecular complexity index is 402. The zero-order chi connectivity index (χ0) is 11.2. The van der Waals surface area contributed by atoms with Crippen molar-refractivity contribution in [2.75, 3.05) is 6.61 Å². The Morgan fingerprint density at radius 1 is 1.33 bits per heavy atom. The van der Waals surface area contributed by atoms with Crippen molar-refractivity contribution < 1.29 is 22.3 Å². The van der Waals surface area contributed by atoms with Gasteiger partial charge in [0.25, 0.3) is 0 Å². The second kappa shape index (κ2) is 3.10. The van der Waals surface area contributed by atoms with Gasteiger partial charge >= 0.3 is 6.18 Å². The van der Waals surface area contributed by atoms with Crippen LogP contribution in [0.5, 0.6) is 5.75 Å². The minimum absolute atomic E-state index is 0.00750. The molecule has 0 aromatic heterocycles. The van der Waals surface area contributed by atoms with Gasteiger partial charge in [-0.3, -0.25) is 0 Å². The Labute approximate surface area is 82.6 Å². The fraction of sp³-hybridized carbons (Fsp3) is 0.333. The zero-order valence-corrected chi connectivity index (χ0v) is 7.44. The normalized spacial score (nSPS) is 19.9. The number of rotatable bonds is 0. The second-order valence-corrected chi connectivity index (χ2v) is 3.25. The van der Waals surface area contributed by atoms with E-state index in [0.717, 1.165) is 6.07 Å². The fourth-order valence-corrected chi connectivity index (χ4v) is 1.53. The van der Waals surface area contributed by atoms with Crippen LogP contribution in [0.4, 0.5) is 17.6 Å². The molecule has 0 saturated carbocycles. The molecule has 1 aliphatic rings. The molecule has 1 aromatic rings. The average Bonchev–Trinajstić information content (AvgIpc) is 2.46. The summed E-state index contributed by atoms with van der Waals surface area (Å²) in [5.41, 5.74) is 3.93. The molecule has 0 fully saturated rings. The number of benzene rings is 1. The summed E-state index contributed by atoms with van der Waals surface area (Å²) in [7, 11) is 0. The van der Waals surface area contributed by atoms with Gasteiger partial charge in [0.15, 0.2) is 0 Å². The molecule has 15 heavy (non-hydrogen) atoms. The standard InChI is InChI=1S/C9H7F4NO/c10-8-4(9(11,12)13)1-2-6-7(8)5(14)3-15-6/h1-2,5H,3,14H2. The van der Waals surface area contributed by atoms with Crippen molar-refractivity contribution in [2.45, 2.75) is 12.2 Å². The van der Waals surface area contributed by atoms with Crippen LogP contribution < -0.4 is 10.5 Å². The Kier molecular flexibility index (Phi) is 2.11. The van der Waals surface area contributed by atoms with E-state index in [2.05, 4.69) is 0 Å². The van der Waals surface area contributed by atoms with Crippen molar-refractivity contribution in [3.05, 3.63) is 29.1 Å². The van der Waals surface area contributed by atoms with E-state index in [9.17, 15) is 17.6 Å². The topological polar surface area (TPSA) is 35.2 Å². The van der Waals surface area contributed by atoms with E-state index < -0.39 is 23.6 Å². The first-order valence-corrected chi connectivity index (χ1v) is 4.19. The monoisotopic (exact) mass is 221 g/mol. The smallest absolute Gasteiger partial charge is 0.419 e. The number of hydrogen-bond acceptors (Lipinski definition) is 2.